The lowest BCUT2D eigenvalue weighted by Gasteiger charge is -2.08. The summed E-state index contributed by atoms with van der Waals surface area (Å²) in [6.07, 6.45) is 0. The standard InChI is InChI=1S/C13H10N2O3/c14-8-4-9-12(5-10(8)17)18-11-3-1-2-7(6-16)13(11)15-9/h1-5,16H,6,14H2. The average Bonchev–Trinajstić information content (AvgIpc) is 2.37. The lowest BCUT2D eigenvalue weighted by atomic mass is 10.1. The largest absolute Gasteiger partial charge is 0.453 e. The Morgan fingerprint density at radius 2 is 2.17 bits per heavy atom. The quantitative estimate of drug-likeness (QED) is 0.497. The molecule has 3 N–H and O–H groups in total. The molecule has 1 aromatic rings. The van der Waals surface area contributed by atoms with Crippen LogP contribution in [-0.2, 0) is 6.61 Å². The third-order valence-electron chi connectivity index (χ3n) is 2.80. The Bertz CT molecular complexity index is 764. The van der Waals surface area contributed by atoms with Crippen molar-refractivity contribution < 1.29 is 9.52 Å². The number of para-hydroxylation sites is 1. The van der Waals surface area contributed by atoms with E-state index >= 15 is 0 Å². The van der Waals surface area contributed by atoms with Crippen LogP contribution in [0.1, 0.15) is 5.56 Å². The van der Waals surface area contributed by atoms with Crippen molar-refractivity contribution in [2.45, 2.75) is 6.61 Å². The fraction of sp³-hybridized carbons (Fsp3) is 0.0769. The molecule has 2 aliphatic rings. The number of aliphatic hydroxyl groups is 1. The minimum atomic E-state index is -0.286. The van der Waals surface area contributed by atoms with Crippen molar-refractivity contribution >= 4 is 16.8 Å². The van der Waals surface area contributed by atoms with Crippen LogP contribution in [-0.4, -0.2) is 10.1 Å². The normalized spacial score (nSPS) is 11.2. The first kappa shape index (κ1) is 10.7. The van der Waals surface area contributed by atoms with Gasteiger partial charge >= 0.3 is 0 Å². The highest BCUT2D eigenvalue weighted by Crippen LogP contribution is 2.26. The van der Waals surface area contributed by atoms with Gasteiger partial charge in [-0.25, -0.2) is 4.98 Å². The van der Waals surface area contributed by atoms with Crippen molar-refractivity contribution in [1.29, 1.82) is 0 Å². The SMILES string of the molecule is Nc1cc2nc3c(CO)cccc3oc-2cc1=O. The molecule has 0 fully saturated rings. The van der Waals surface area contributed by atoms with Crippen LogP contribution in [0.5, 0.6) is 0 Å². The summed E-state index contributed by atoms with van der Waals surface area (Å²) in [6.45, 7) is -0.125. The minimum absolute atomic E-state index is 0.125. The number of rotatable bonds is 1. The van der Waals surface area contributed by atoms with Crippen LogP contribution >= 0.6 is 0 Å². The zero-order valence-electron chi connectivity index (χ0n) is 9.38. The third-order valence-corrected chi connectivity index (χ3v) is 2.80. The average molecular weight is 242 g/mol. The van der Waals surface area contributed by atoms with Crippen molar-refractivity contribution in [3.05, 3.63) is 46.1 Å². The number of aliphatic hydroxyl groups excluding tert-OH is 1. The topological polar surface area (TPSA) is 89.3 Å². The molecule has 5 nitrogen and oxygen atoms in total. The Hall–Kier alpha value is -2.40. The summed E-state index contributed by atoms with van der Waals surface area (Å²) in [5, 5.41) is 9.25. The molecule has 0 bridgehead atoms. The van der Waals surface area contributed by atoms with E-state index in [1.807, 2.05) is 0 Å². The summed E-state index contributed by atoms with van der Waals surface area (Å²) in [7, 11) is 0. The number of hydrogen-bond acceptors (Lipinski definition) is 5. The summed E-state index contributed by atoms with van der Waals surface area (Å²) in [4.78, 5) is 15.8. The first-order valence-corrected chi connectivity index (χ1v) is 5.42. The molecule has 5 heteroatoms. The minimum Gasteiger partial charge on any atom is -0.453 e. The summed E-state index contributed by atoms with van der Waals surface area (Å²) in [6, 6.07) is 8.07. The lowest BCUT2D eigenvalue weighted by Crippen LogP contribution is -2.08. The molecule has 0 aromatic heterocycles. The maximum absolute atomic E-state index is 11.4. The zero-order valence-corrected chi connectivity index (χ0v) is 9.38. The predicted molar refractivity (Wildman–Crippen MR) is 67.2 cm³/mol. The van der Waals surface area contributed by atoms with Crippen LogP contribution in [0.3, 0.4) is 0 Å². The van der Waals surface area contributed by atoms with E-state index in [9.17, 15) is 9.90 Å². The van der Waals surface area contributed by atoms with Gasteiger partial charge in [0, 0.05) is 11.6 Å². The van der Waals surface area contributed by atoms with Crippen molar-refractivity contribution in [3.8, 4) is 11.5 Å². The number of benzene rings is 2. The number of hydrogen-bond donors (Lipinski definition) is 2. The van der Waals surface area contributed by atoms with Crippen molar-refractivity contribution in [2.75, 3.05) is 5.73 Å². The Balaban J connectivity index is 2.45. The smallest absolute Gasteiger partial charge is 0.205 e. The zero-order chi connectivity index (χ0) is 12.7. The van der Waals surface area contributed by atoms with Gasteiger partial charge in [-0.1, -0.05) is 12.1 Å². The lowest BCUT2D eigenvalue weighted by molar-refractivity contribution is 0.283. The number of nitrogens with two attached hydrogens (primary N) is 1. The molecule has 0 radical (unpaired) electrons. The van der Waals surface area contributed by atoms with E-state index in [1.54, 1.807) is 18.2 Å². The number of aromatic nitrogens is 1. The maximum atomic E-state index is 11.4. The van der Waals surface area contributed by atoms with E-state index < -0.39 is 0 Å². The Kier molecular flexibility index (Phi) is 2.28. The Labute approximate surface area is 102 Å². The van der Waals surface area contributed by atoms with E-state index in [1.165, 1.54) is 12.1 Å². The van der Waals surface area contributed by atoms with E-state index in [4.69, 9.17) is 10.2 Å². The number of nitrogen functional groups attached to an aromatic ring is 1. The fourth-order valence-electron chi connectivity index (χ4n) is 1.88. The maximum Gasteiger partial charge on any atom is 0.205 e. The summed E-state index contributed by atoms with van der Waals surface area (Å²) in [5.74, 6) is 0.386. The van der Waals surface area contributed by atoms with Crippen LogP contribution in [0.4, 0.5) is 5.69 Å². The summed E-state index contributed by atoms with van der Waals surface area (Å²) < 4.78 is 5.60. The van der Waals surface area contributed by atoms with E-state index in [0.29, 0.717) is 28.1 Å². The van der Waals surface area contributed by atoms with Gasteiger partial charge in [-0.05, 0) is 12.1 Å². The fourth-order valence-corrected chi connectivity index (χ4v) is 1.88. The summed E-state index contributed by atoms with van der Waals surface area (Å²) >= 11 is 0. The van der Waals surface area contributed by atoms with Gasteiger partial charge in [0.15, 0.2) is 11.3 Å². The molecule has 1 heterocycles. The van der Waals surface area contributed by atoms with Crippen LogP contribution < -0.4 is 11.2 Å². The van der Waals surface area contributed by atoms with Gasteiger partial charge in [0.2, 0.25) is 5.43 Å². The Morgan fingerprint density at radius 1 is 1.33 bits per heavy atom. The van der Waals surface area contributed by atoms with Crippen molar-refractivity contribution in [3.63, 3.8) is 0 Å². The highest BCUT2D eigenvalue weighted by atomic mass is 16.3. The third kappa shape index (κ3) is 1.53. The highest BCUT2D eigenvalue weighted by Gasteiger charge is 2.13. The van der Waals surface area contributed by atoms with Gasteiger partial charge in [0.05, 0.1) is 12.3 Å². The second-order valence-corrected chi connectivity index (χ2v) is 3.99. The molecule has 1 aliphatic heterocycles. The van der Waals surface area contributed by atoms with Crippen LogP contribution in [0, 0.1) is 0 Å². The monoisotopic (exact) mass is 242 g/mol. The van der Waals surface area contributed by atoms with Gasteiger partial charge in [-0.2, -0.15) is 0 Å². The molecular formula is C13H10N2O3. The molecule has 0 unspecified atom stereocenters. The molecule has 0 atom stereocenters. The first-order valence-electron chi connectivity index (χ1n) is 5.42. The molecule has 3 rings (SSSR count). The molecule has 0 amide bonds. The van der Waals surface area contributed by atoms with E-state index in [0.717, 1.165) is 0 Å². The van der Waals surface area contributed by atoms with E-state index in [2.05, 4.69) is 4.98 Å². The van der Waals surface area contributed by atoms with Gasteiger partial charge in [-0.15, -0.1) is 0 Å². The molecule has 1 aromatic carbocycles. The van der Waals surface area contributed by atoms with Crippen molar-refractivity contribution in [2.24, 2.45) is 0 Å². The van der Waals surface area contributed by atoms with E-state index in [-0.39, 0.29) is 17.7 Å². The van der Waals surface area contributed by atoms with Crippen molar-refractivity contribution in [1.82, 2.24) is 4.98 Å². The molecule has 0 saturated carbocycles. The Morgan fingerprint density at radius 3 is 2.94 bits per heavy atom. The van der Waals surface area contributed by atoms with Crippen LogP contribution in [0.15, 0.2) is 39.5 Å². The van der Waals surface area contributed by atoms with Crippen LogP contribution in [0.25, 0.3) is 22.6 Å². The molecule has 18 heavy (non-hydrogen) atoms. The molecule has 0 saturated heterocycles. The number of anilines is 1. The van der Waals surface area contributed by atoms with Gasteiger partial charge in [0.25, 0.3) is 0 Å². The first-order chi connectivity index (χ1) is 8.69. The van der Waals surface area contributed by atoms with Gasteiger partial charge < -0.3 is 15.3 Å². The number of fused-ring (bicyclic) bond motifs is 2. The molecular weight excluding hydrogens is 232 g/mol. The second kappa shape index (κ2) is 3.82. The molecule has 0 spiro atoms. The van der Waals surface area contributed by atoms with Gasteiger partial charge in [0.1, 0.15) is 11.2 Å². The predicted octanol–water partition coefficient (Wildman–Crippen LogP) is 1.37. The second-order valence-electron chi connectivity index (χ2n) is 3.99. The number of nitrogens with zero attached hydrogens (tertiary/aromatic N) is 1. The molecule has 90 valence electrons. The van der Waals surface area contributed by atoms with Gasteiger partial charge in [-0.3, -0.25) is 4.79 Å². The molecule has 1 aliphatic carbocycles. The summed E-state index contributed by atoms with van der Waals surface area (Å²) in [5.41, 5.74) is 7.67. The van der Waals surface area contributed by atoms with Crippen LogP contribution in [0.2, 0.25) is 0 Å². The highest BCUT2D eigenvalue weighted by molar-refractivity contribution is 5.80.